The van der Waals surface area contributed by atoms with Gasteiger partial charge < -0.3 is 15.1 Å². The van der Waals surface area contributed by atoms with Crippen molar-refractivity contribution in [2.45, 2.75) is 19.8 Å². The number of carbonyl (C=O) groups excluding carboxylic acids is 1. The van der Waals surface area contributed by atoms with Gasteiger partial charge in [0.25, 0.3) is 0 Å². The van der Waals surface area contributed by atoms with Gasteiger partial charge in [-0.05, 0) is 37.1 Å². The van der Waals surface area contributed by atoms with Crippen molar-refractivity contribution >= 4 is 11.9 Å². The fraction of sp³-hybridized carbons (Fsp3) is 0.542. The van der Waals surface area contributed by atoms with Gasteiger partial charge in [0.2, 0.25) is 11.9 Å². The third kappa shape index (κ3) is 5.81. The Balaban J connectivity index is 1.26. The molecule has 0 saturated carbocycles. The van der Waals surface area contributed by atoms with E-state index in [4.69, 9.17) is 0 Å². The van der Waals surface area contributed by atoms with E-state index < -0.39 is 0 Å². The topological polar surface area (TPSA) is 64.6 Å². The molecule has 0 bridgehead atoms. The number of hydrogen-bond donors (Lipinski definition) is 1. The Morgan fingerprint density at radius 1 is 1.09 bits per heavy atom. The van der Waals surface area contributed by atoms with Crippen molar-refractivity contribution in [1.29, 1.82) is 0 Å². The molecule has 3 heterocycles. The number of nitrogens with one attached hydrogen (secondary N) is 1. The van der Waals surface area contributed by atoms with Crippen LogP contribution in [-0.4, -0.2) is 84.6 Å². The number of likely N-dealkylation sites (N-methyl/N-ethyl adjacent to an activating group) is 1. The predicted molar refractivity (Wildman–Crippen MR) is 124 cm³/mol. The number of hydrogen-bond acceptors (Lipinski definition) is 6. The fourth-order valence-corrected chi connectivity index (χ4v) is 4.49. The summed E-state index contributed by atoms with van der Waals surface area (Å²) in [6, 6.07) is 6.41. The summed E-state index contributed by atoms with van der Waals surface area (Å²) in [4.78, 5) is 28.7. The van der Waals surface area contributed by atoms with E-state index in [1.807, 2.05) is 6.07 Å². The summed E-state index contributed by atoms with van der Waals surface area (Å²) >= 11 is 0. The number of piperidine rings is 1. The maximum absolute atomic E-state index is 13.5. The molecule has 8 heteroatoms. The molecule has 1 N–H and O–H groups in total. The average Bonchev–Trinajstić information content (AvgIpc) is 2.84. The van der Waals surface area contributed by atoms with Gasteiger partial charge in [-0.25, -0.2) is 14.4 Å². The highest BCUT2D eigenvalue weighted by Crippen LogP contribution is 2.23. The average molecular weight is 441 g/mol. The van der Waals surface area contributed by atoms with Crippen LogP contribution in [0.25, 0.3) is 11.1 Å². The highest BCUT2D eigenvalue weighted by Gasteiger charge is 2.27. The second-order valence-electron chi connectivity index (χ2n) is 8.63. The summed E-state index contributed by atoms with van der Waals surface area (Å²) in [6.07, 6.45) is 5.27. The van der Waals surface area contributed by atoms with E-state index in [9.17, 15) is 9.18 Å². The number of carbonyl (C=O) groups is 1. The van der Waals surface area contributed by atoms with Crippen LogP contribution in [0.2, 0.25) is 0 Å². The zero-order valence-electron chi connectivity index (χ0n) is 18.8. The van der Waals surface area contributed by atoms with Crippen molar-refractivity contribution < 1.29 is 9.18 Å². The van der Waals surface area contributed by atoms with Gasteiger partial charge in [-0.1, -0.05) is 19.1 Å². The predicted octanol–water partition coefficient (Wildman–Crippen LogP) is 2.25. The van der Waals surface area contributed by atoms with Gasteiger partial charge >= 0.3 is 0 Å². The van der Waals surface area contributed by atoms with E-state index in [-0.39, 0.29) is 17.6 Å². The number of benzene rings is 1. The highest BCUT2D eigenvalue weighted by molar-refractivity contribution is 5.79. The zero-order valence-corrected chi connectivity index (χ0v) is 18.8. The summed E-state index contributed by atoms with van der Waals surface area (Å²) in [5.74, 6) is 0.418. The number of halogens is 1. The van der Waals surface area contributed by atoms with Gasteiger partial charge in [-0.15, -0.1) is 0 Å². The van der Waals surface area contributed by atoms with Gasteiger partial charge in [0.15, 0.2) is 0 Å². The van der Waals surface area contributed by atoms with Crippen LogP contribution in [-0.2, 0) is 4.79 Å². The molecule has 0 radical (unpaired) electrons. The first-order valence-corrected chi connectivity index (χ1v) is 11.7. The highest BCUT2D eigenvalue weighted by atomic mass is 19.1. The molecule has 1 amide bonds. The molecule has 2 aromatic rings. The van der Waals surface area contributed by atoms with E-state index in [1.54, 1.807) is 18.5 Å². The monoisotopic (exact) mass is 440 g/mol. The standard InChI is InChI=1S/C24H33FN6O/c1-2-29-11-13-30(14-12-29)10-8-26-23(32)20-6-4-9-31(18-20)24-27-16-21(17-28-24)19-5-3-7-22(25)15-19/h3,5,7,15-17,20H,2,4,6,8-14,18H2,1H3,(H,26,32)/t20-/m1/s1. The lowest BCUT2D eigenvalue weighted by atomic mass is 9.97. The van der Waals surface area contributed by atoms with Crippen LogP contribution in [0.5, 0.6) is 0 Å². The quantitative estimate of drug-likeness (QED) is 0.713. The van der Waals surface area contributed by atoms with Crippen LogP contribution < -0.4 is 10.2 Å². The van der Waals surface area contributed by atoms with Crippen molar-refractivity contribution in [1.82, 2.24) is 25.1 Å². The largest absolute Gasteiger partial charge is 0.355 e. The summed E-state index contributed by atoms with van der Waals surface area (Å²) in [6.45, 7) is 10.7. The van der Waals surface area contributed by atoms with E-state index in [1.165, 1.54) is 12.1 Å². The first kappa shape index (κ1) is 22.6. The fourth-order valence-electron chi connectivity index (χ4n) is 4.49. The molecule has 2 saturated heterocycles. The zero-order chi connectivity index (χ0) is 22.3. The Morgan fingerprint density at radius 2 is 1.84 bits per heavy atom. The Morgan fingerprint density at radius 3 is 2.56 bits per heavy atom. The van der Waals surface area contributed by atoms with Crippen molar-refractivity contribution in [2.24, 2.45) is 5.92 Å². The van der Waals surface area contributed by atoms with E-state index in [2.05, 4.69) is 36.9 Å². The van der Waals surface area contributed by atoms with Crippen LogP contribution in [0.3, 0.4) is 0 Å². The Hall–Kier alpha value is -2.58. The van der Waals surface area contributed by atoms with Crippen molar-refractivity contribution in [3.05, 3.63) is 42.5 Å². The van der Waals surface area contributed by atoms with Crippen molar-refractivity contribution in [2.75, 3.05) is 63.8 Å². The molecule has 0 unspecified atom stereocenters. The number of aromatic nitrogens is 2. The van der Waals surface area contributed by atoms with Crippen LogP contribution in [0.15, 0.2) is 36.7 Å². The summed E-state index contributed by atoms with van der Waals surface area (Å²) in [7, 11) is 0. The molecular weight excluding hydrogens is 407 g/mol. The molecular formula is C24H33FN6O. The Labute approximate surface area is 189 Å². The lowest BCUT2D eigenvalue weighted by molar-refractivity contribution is -0.125. The minimum absolute atomic E-state index is 0.0489. The maximum Gasteiger partial charge on any atom is 0.225 e. The minimum Gasteiger partial charge on any atom is -0.355 e. The molecule has 4 rings (SSSR count). The smallest absolute Gasteiger partial charge is 0.225 e. The number of piperazine rings is 1. The first-order valence-electron chi connectivity index (χ1n) is 11.7. The third-order valence-corrected chi connectivity index (χ3v) is 6.51. The number of nitrogens with zero attached hydrogens (tertiary/aromatic N) is 5. The molecule has 2 aliphatic heterocycles. The van der Waals surface area contributed by atoms with Crippen LogP contribution in [0.1, 0.15) is 19.8 Å². The molecule has 172 valence electrons. The number of amides is 1. The van der Waals surface area contributed by atoms with Gasteiger partial charge in [-0.3, -0.25) is 9.69 Å². The molecule has 1 aromatic heterocycles. The summed E-state index contributed by atoms with van der Waals surface area (Å²) < 4.78 is 13.5. The normalized spacial score (nSPS) is 20.3. The third-order valence-electron chi connectivity index (χ3n) is 6.51. The number of rotatable bonds is 7. The molecule has 0 spiro atoms. The molecule has 32 heavy (non-hydrogen) atoms. The molecule has 1 aromatic carbocycles. The van der Waals surface area contributed by atoms with Crippen LogP contribution >= 0.6 is 0 Å². The van der Waals surface area contributed by atoms with Gasteiger partial charge in [0.05, 0.1) is 5.92 Å². The summed E-state index contributed by atoms with van der Waals surface area (Å²) in [5, 5.41) is 3.14. The van der Waals surface area contributed by atoms with Gasteiger partial charge in [-0.2, -0.15) is 0 Å². The Bertz CT molecular complexity index is 884. The Kier molecular flexibility index (Phi) is 7.65. The molecule has 1 atom stereocenters. The second-order valence-corrected chi connectivity index (χ2v) is 8.63. The lowest BCUT2D eigenvalue weighted by Crippen LogP contribution is -2.49. The van der Waals surface area contributed by atoms with Crippen molar-refractivity contribution in [3.8, 4) is 11.1 Å². The summed E-state index contributed by atoms with van der Waals surface area (Å²) in [5.41, 5.74) is 1.53. The molecule has 2 aliphatic rings. The minimum atomic E-state index is -0.278. The molecule has 7 nitrogen and oxygen atoms in total. The number of anilines is 1. The van der Waals surface area contributed by atoms with E-state index in [0.29, 0.717) is 19.0 Å². The maximum atomic E-state index is 13.5. The first-order chi connectivity index (χ1) is 15.6. The van der Waals surface area contributed by atoms with Crippen molar-refractivity contribution in [3.63, 3.8) is 0 Å². The van der Waals surface area contributed by atoms with Crippen LogP contribution in [0.4, 0.5) is 10.3 Å². The SMILES string of the molecule is CCN1CCN(CCNC(=O)[C@@H]2CCCN(c3ncc(-c4cccc(F)c4)cn3)C2)CC1. The van der Waals surface area contributed by atoms with E-state index in [0.717, 1.165) is 69.8 Å². The van der Waals surface area contributed by atoms with Crippen LogP contribution in [0, 0.1) is 11.7 Å². The van der Waals surface area contributed by atoms with Gasteiger partial charge in [0, 0.05) is 70.3 Å². The lowest BCUT2D eigenvalue weighted by Gasteiger charge is -2.34. The molecule has 0 aliphatic carbocycles. The van der Waals surface area contributed by atoms with E-state index >= 15 is 0 Å². The van der Waals surface area contributed by atoms with Gasteiger partial charge in [0.1, 0.15) is 5.82 Å². The molecule has 2 fully saturated rings. The second kappa shape index (κ2) is 10.8.